The smallest absolute Gasteiger partial charge is 0.323 e. The molecular weight excluding hydrogens is 288 g/mol. The minimum Gasteiger partial charge on any atom is -0.480 e. The molecule has 1 rings (SSSR count). The molecule has 0 saturated heterocycles. The van der Waals surface area contributed by atoms with E-state index in [0.29, 0.717) is 0 Å². The molecule has 1 aromatic rings. The average molecular weight is 302 g/mol. The second-order valence-corrected chi connectivity index (χ2v) is 5.67. The Morgan fingerprint density at radius 2 is 1.65 bits per heavy atom. The van der Waals surface area contributed by atoms with E-state index in [0.717, 1.165) is 4.90 Å². The van der Waals surface area contributed by atoms with E-state index in [-0.39, 0.29) is 10.6 Å². The van der Waals surface area contributed by atoms with Crippen molar-refractivity contribution in [1.82, 2.24) is 4.72 Å². The summed E-state index contributed by atoms with van der Waals surface area (Å²) >= 11 is 0. The van der Waals surface area contributed by atoms with Crippen molar-refractivity contribution in [2.75, 3.05) is 25.0 Å². The molecular formula is C11H14N2O6S. The Hall–Kier alpha value is -2.13. The number of anilines is 1. The number of nitrogens with one attached hydrogen (secondary N) is 1. The van der Waals surface area contributed by atoms with E-state index in [1.165, 1.54) is 31.3 Å². The van der Waals surface area contributed by atoms with E-state index < -0.39 is 35.1 Å². The van der Waals surface area contributed by atoms with Gasteiger partial charge in [0, 0.05) is 0 Å². The molecule has 0 saturated carbocycles. The van der Waals surface area contributed by atoms with Crippen LogP contribution in [0.2, 0.25) is 0 Å². The van der Waals surface area contributed by atoms with Crippen LogP contribution in [0.4, 0.5) is 5.69 Å². The number of nitrogens with zero attached hydrogens (tertiary/aromatic N) is 1. The molecule has 20 heavy (non-hydrogen) atoms. The van der Waals surface area contributed by atoms with Crippen LogP contribution in [0.1, 0.15) is 0 Å². The highest BCUT2D eigenvalue weighted by Gasteiger charge is 2.23. The zero-order valence-corrected chi connectivity index (χ0v) is 11.4. The highest BCUT2D eigenvalue weighted by atomic mass is 32.2. The molecule has 0 aliphatic rings. The molecule has 110 valence electrons. The van der Waals surface area contributed by atoms with Gasteiger partial charge in [0.05, 0.1) is 5.69 Å². The Kier molecular flexibility index (Phi) is 5.06. The third-order valence-corrected chi connectivity index (χ3v) is 3.88. The lowest BCUT2D eigenvalue weighted by Gasteiger charge is -2.23. The van der Waals surface area contributed by atoms with Crippen molar-refractivity contribution < 1.29 is 28.2 Å². The quantitative estimate of drug-likeness (QED) is 0.624. The molecule has 0 amide bonds. The minimum atomic E-state index is -3.82. The minimum absolute atomic E-state index is 0.0200. The van der Waals surface area contributed by atoms with Gasteiger partial charge in [-0.2, -0.15) is 0 Å². The van der Waals surface area contributed by atoms with E-state index >= 15 is 0 Å². The van der Waals surface area contributed by atoms with Crippen molar-refractivity contribution in [2.45, 2.75) is 4.90 Å². The summed E-state index contributed by atoms with van der Waals surface area (Å²) in [4.78, 5) is 22.4. The highest BCUT2D eigenvalue weighted by molar-refractivity contribution is 7.89. The zero-order valence-electron chi connectivity index (χ0n) is 10.6. The Morgan fingerprint density at radius 1 is 1.15 bits per heavy atom. The number of hydrogen-bond acceptors (Lipinski definition) is 5. The summed E-state index contributed by atoms with van der Waals surface area (Å²) in [6.07, 6.45) is 0. The fraction of sp³-hybridized carbons (Fsp3) is 0.273. The van der Waals surface area contributed by atoms with Crippen LogP contribution in [0.15, 0.2) is 29.2 Å². The Bertz CT molecular complexity index is 597. The number of carboxylic acid groups (broad SMARTS) is 2. The van der Waals surface area contributed by atoms with Gasteiger partial charge in [0.1, 0.15) is 18.0 Å². The molecule has 8 nitrogen and oxygen atoms in total. The Morgan fingerprint density at radius 3 is 2.10 bits per heavy atom. The van der Waals surface area contributed by atoms with Gasteiger partial charge in [0.15, 0.2) is 0 Å². The molecule has 3 N–H and O–H groups in total. The summed E-state index contributed by atoms with van der Waals surface area (Å²) in [5.41, 5.74) is 0.0200. The number of rotatable bonds is 7. The summed E-state index contributed by atoms with van der Waals surface area (Å²) in [7, 11) is -2.61. The van der Waals surface area contributed by atoms with Crippen molar-refractivity contribution in [3.63, 3.8) is 0 Å². The molecule has 0 bridgehead atoms. The Balaban J connectivity index is 3.33. The van der Waals surface area contributed by atoms with Crippen molar-refractivity contribution in [2.24, 2.45) is 0 Å². The number of para-hydroxylation sites is 1. The van der Waals surface area contributed by atoms with Crippen molar-refractivity contribution >= 4 is 27.6 Å². The first-order chi connectivity index (χ1) is 9.27. The van der Waals surface area contributed by atoms with Crippen molar-refractivity contribution in [3.05, 3.63) is 24.3 Å². The second-order valence-electron chi connectivity index (χ2n) is 3.82. The number of sulfonamides is 1. The lowest BCUT2D eigenvalue weighted by atomic mass is 10.3. The standard InChI is InChI=1S/C11H14N2O6S/c1-12-20(18,19)9-5-3-2-4-8(9)13(6-10(14)15)7-11(16)17/h2-5,12H,6-7H2,1H3,(H,14,15)(H,16,17). The van der Waals surface area contributed by atoms with Crippen LogP contribution >= 0.6 is 0 Å². The molecule has 0 radical (unpaired) electrons. The van der Waals surface area contributed by atoms with Crippen LogP contribution < -0.4 is 9.62 Å². The fourth-order valence-corrected chi connectivity index (χ4v) is 2.56. The normalized spacial score (nSPS) is 11.1. The largest absolute Gasteiger partial charge is 0.480 e. The molecule has 0 aliphatic heterocycles. The maximum atomic E-state index is 11.9. The van der Waals surface area contributed by atoms with Gasteiger partial charge < -0.3 is 15.1 Å². The van der Waals surface area contributed by atoms with E-state index in [1.54, 1.807) is 0 Å². The van der Waals surface area contributed by atoms with Crippen LogP contribution in [0.3, 0.4) is 0 Å². The van der Waals surface area contributed by atoms with Crippen LogP contribution in [0.5, 0.6) is 0 Å². The fourth-order valence-electron chi connectivity index (χ4n) is 1.61. The second kappa shape index (κ2) is 6.35. The van der Waals surface area contributed by atoms with E-state index in [9.17, 15) is 18.0 Å². The molecule has 0 spiro atoms. The highest BCUT2D eigenvalue weighted by Crippen LogP contribution is 2.24. The lowest BCUT2D eigenvalue weighted by Crippen LogP contribution is -2.36. The van der Waals surface area contributed by atoms with Gasteiger partial charge in [-0.1, -0.05) is 12.1 Å². The molecule has 0 atom stereocenters. The molecule has 0 aromatic heterocycles. The summed E-state index contributed by atoms with van der Waals surface area (Å²) in [5, 5.41) is 17.6. The molecule has 0 unspecified atom stereocenters. The molecule has 1 aromatic carbocycles. The number of aliphatic carboxylic acids is 2. The van der Waals surface area contributed by atoms with Crippen molar-refractivity contribution in [3.8, 4) is 0 Å². The lowest BCUT2D eigenvalue weighted by molar-refractivity contribution is -0.136. The van der Waals surface area contributed by atoms with Crippen LogP contribution in [0, 0.1) is 0 Å². The summed E-state index contributed by atoms with van der Waals surface area (Å²) < 4.78 is 25.8. The number of carbonyl (C=O) groups is 2. The van der Waals surface area contributed by atoms with Crippen LogP contribution in [-0.2, 0) is 19.6 Å². The Labute approximate surface area is 115 Å². The summed E-state index contributed by atoms with van der Waals surface area (Å²) in [6.45, 7) is -1.24. The first-order valence-electron chi connectivity index (χ1n) is 5.49. The van der Waals surface area contributed by atoms with E-state index in [1.807, 2.05) is 0 Å². The first-order valence-corrected chi connectivity index (χ1v) is 6.97. The van der Waals surface area contributed by atoms with Gasteiger partial charge in [-0.15, -0.1) is 0 Å². The first kappa shape index (κ1) is 15.9. The van der Waals surface area contributed by atoms with Gasteiger partial charge >= 0.3 is 11.9 Å². The van der Waals surface area contributed by atoms with Gasteiger partial charge in [-0.3, -0.25) is 9.59 Å². The maximum Gasteiger partial charge on any atom is 0.323 e. The van der Waals surface area contributed by atoms with Gasteiger partial charge in [0.25, 0.3) is 0 Å². The number of benzene rings is 1. The SMILES string of the molecule is CNS(=O)(=O)c1ccccc1N(CC(=O)O)CC(=O)O. The molecule has 0 fully saturated rings. The van der Waals surface area contributed by atoms with E-state index in [4.69, 9.17) is 10.2 Å². The average Bonchev–Trinajstić information content (AvgIpc) is 2.37. The van der Waals surface area contributed by atoms with E-state index in [2.05, 4.69) is 4.72 Å². The van der Waals surface area contributed by atoms with Gasteiger partial charge in [0.2, 0.25) is 10.0 Å². The zero-order chi connectivity index (χ0) is 15.3. The predicted octanol–water partition coefficient (Wildman–Crippen LogP) is -0.430. The maximum absolute atomic E-state index is 11.9. The molecule has 0 heterocycles. The van der Waals surface area contributed by atoms with Gasteiger partial charge in [-0.05, 0) is 19.2 Å². The van der Waals surface area contributed by atoms with Crippen LogP contribution in [0.25, 0.3) is 0 Å². The third-order valence-electron chi connectivity index (χ3n) is 2.42. The predicted molar refractivity (Wildman–Crippen MR) is 70.2 cm³/mol. The molecule has 9 heteroatoms. The van der Waals surface area contributed by atoms with Crippen LogP contribution in [-0.4, -0.2) is 50.7 Å². The number of hydrogen-bond donors (Lipinski definition) is 3. The van der Waals surface area contributed by atoms with Crippen molar-refractivity contribution in [1.29, 1.82) is 0 Å². The number of carboxylic acids is 2. The monoisotopic (exact) mass is 302 g/mol. The topological polar surface area (TPSA) is 124 Å². The summed E-state index contributed by atoms with van der Waals surface area (Å²) in [5.74, 6) is -2.52. The van der Waals surface area contributed by atoms with Gasteiger partial charge in [-0.25, -0.2) is 13.1 Å². The third kappa shape index (κ3) is 3.93. The summed E-state index contributed by atoms with van der Waals surface area (Å²) in [6, 6.07) is 5.60. The molecule has 0 aliphatic carbocycles.